The maximum Gasteiger partial charge on any atom is 0.238 e. The van der Waals surface area contributed by atoms with Crippen LogP contribution in [0.4, 0.5) is 0 Å². The first-order valence-electron chi connectivity index (χ1n) is 9.85. The van der Waals surface area contributed by atoms with E-state index in [-0.39, 0.29) is 4.90 Å². The second-order valence-corrected chi connectivity index (χ2v) is 8.49. The van der Waals surface area contributed by atoms with E-state index in [1.165, 1.54) is 44.8 Å². The molecule has 2 rings (SSSR count). The standard InChI is InChI=1S/C19H33N5O2S/c1-2-21-19(22-11-8-14-24-12-5-3-4-6-13-24)23-16-17-9-7-10-18(15-17)27(20,25)26/h7,9-10,15H,2-6,8,11-14,16H2,1H3,(H2,20,25,26)(H2,21,22,23). The minimum Gasteiger partial charge on any atom is -0.357 e. The molecule has 0 spiro atoms. The summed E-state index contributed by atoms with van der Waals surface area (Å²) in [5.74, 6) is 0.745. The van der Waals surface area contributed by atoms with Gasteiger partial charge in [-0.1, -0.05) is 25.0 Å². The topological polar surface area (TPSA) is 99.8 Å². The Kier molecular flexibility index (Phi) is 9.03. The average Bonchev–Trinajstić information content (AvgIpc) is 2.91. The Morgan fingerprint density at radius 3 is 2.59 bits per heavy atom. The van der Waals surface area contributed by atoms with Gasteiger partial charge in [-0.15, -0.1) is 0 Å². The van der Waals surface area contributed by atoms with Gasteiger partial charge in [0.05, 0.1) is 11.4 Å². The number of nitrogens with two attached hydrogens (primary N) is 1. The van der Waals surface area contributed by atoms with Crippen LogP contribution in [0.15, 0.2) is 34.2 Å². The molecule has 1 aromatic rings. The maximum absolute atomic E-state index is 11.5. The summed E-state index contributed by atoms with van der Waals surface area (Å²) >= 11 is 0. The Hall–Kier alpha value is -1.64. The van der Waals surface area contributed by atoms with Gasteiger partial charge in [-0.05, 0) is 63.5 Å². The summed E-state index contributed by atoms with van der Waals surface area (Å²) < 4.78 is 22.9. The molecule has 27 heavy (non-hydrogen) atoms. The van der Waals surface area contributed by atoms with Gasteiger partial charge in [0.2, 0.25) is 10.0 Å². The van der Waals surface area contributed by atoms with Gasteiger partial charge < -0.3 is 15.5 Å². The lowest BCUT2D eigenvalue weighted by Crippen LogP contribution is -2.39. The zero-order chi connectivity index (χ0) is 19.5. The van der Waals surface area contributed by atoms with Crippen LogP contribution in [-0.2, 0) is 16.6 Å². The molecule has 0 atom stereocenters. The third kappa shape index (κ3) is 8.28. The number of aliphatic imine (C=N–C) groups is 1. The van der Waals surface area contributed by atoms with Crippen LogP contribution in [0.5, 0.6) is 0 Å². The summed E-state index contributed by atoms with van der Waals surface area (Å²) in [5.41, 5.74) is 0.809. The van der Waals surface area contributed by atoms with E-state index < -0.39 is 10.0 Å². The summed E-state index contributed by atoms with van der Waals surface area (Å²) in [6.07, 6.45) is 6.42. The molecule has 1 heterocycles. The first kappa shape index (κ1) is 21.7. The van der Waals surface area contributed by atoms with Gasteiger partial charge in [-0.2, -0.15) is 0 Å². The van der Waals surface area contributed by atoms with Crippen LogP contribution in [0.2, 0.25) is 0 Å². The SMILES string of the molecule is CCNC(=NCc1cccc(S(N)(=O)=O)c1)NCCCN1CCCCCC1. The van der Waals surface area contributed by atoms with Gasteiger partial charge >= 0.3 is 0 Å². The van der Waals surface area contributed by atoms with Crippen LogP contribution in [0.25, 0.3) is 0 Å². The number of hydrogen-bond donors (Lipinski definition) is 3. The molecule has 8 heteroatoms. The highest BCUT2D eigenvalue weighted by Gasteiger charge is 2.09. The Labute approximate surface area is 163 Å². The highest BCUT2D eigenvalue weighted by atomic mass is 32.2. The summed E-state index contributed by atoms with van der Waals surface area (Å²) in [6, 6.07) is 6.60. The molecule has 0 amide bonds. The number of nitrogens with one attached hydrogen (secondary N) is 2. The molecule has 1 aliphatic rings. The molecule has 0 aliphatic carbocycles. The van der Waals surface area contributed by atoms with Crippen molar-refractivity contribution in [3.63, 3.8) is 0 Å². The number of nitrogens with zero attached hydrogens (tertiary/aromatic N) is 2. The Morgan fingerprint density at radius 2 is 1.93 bits per heavy atom. The predicted octanol–water partition coefficient (Wildman–Crippen LogP) is 1.66. The summed E-state index contributed by atoms with van der Waals surface area (Å²) in [5, 5.41) is 11.8. The van der Waals surface area contributed by atoms with Gasteiger partial charge in [-0.3, -0.25) is 0 Å². The van der Waals surface area contributed by atoms with E-state index in [4.69, 9.17) is 5.14 Å². The van der Waals surface area contributed by atoms with Crippen molar-refractivity contribution in [2.75, 3.05) is 32.7 Å². The zero-order valence-corrected chi connectivity index (χ0v) is 17.1. The van der Waals surface area contributed by atoms with Crippen molar-refractivity contribution in [2.45, 2.75) is 50.5 Å². The number of hydrogen-bond acceptors (Lipinski definition) is 4. The van der Waals surface area contributed by atoms with Crippen LogP contribution < -0.4 is 15.8 Å². The van der Waals surface area contributed by atoms with Crippen molar-refractivity contribution in [3.05, 3.63) is 29.8 Å². The van der Waals surface area contributed by atoms with Crippen molar-refractivity contribution in [1.82, 2.24) is 15.5 Å². The number of sulfonamides is 1. The van der Waals surface area contributed by atoms with Gasteiger partial charge in [0, 0.05) is 13.1 Å². The molecule has 0 bridgehead atoms. The van der Waals surface area contributed by atoms with E-state index in [9.17, 15) is 8.42 Å². The summed E-state index contributed by atoms with van der Waals surface area (Å²) in [4.78, 5) is 7.22. The van der Waals surface area contributed by atoms with Crippen LogP contribution in [0.3, 0.4) is 0 Å². The van der Waals surface area contributed by atoms with Gasteiger partial charge in [0.1, 0.15) is 0 Å². The largest absolute Gasteiger partial charge is 0.357 e. The third-order valence-electron chi connectivity index (χ3n) is 4.63. The maximum atomic E-state index is 11.5. The van der Waals surface area contributed by atoms with Crippen LogP contribution >= 0.6 is 0 Å². The highest BCUT2D eigenvalue weighted by molar-refractivity contribution is 7.89. The molecule has 7 nitrogen and oxygen atoms in total. The summed E-state index contributed by atoms with van der Waals surface area (Å²) in [6.45, 7) is 7.60. The van der Waals surface area contributed by atoms with E-state index in [1.807, 2.05) is 13.0 Å². The van der Waals surface area contributed by atoms with Crippen LogP contribution in [0, 0.1) is 0 Å². The highest BCUT2D eigenvalue weighted by Crippen LogP contribution is 2.11. The van der Waals surface area contributed by atoms with Crippen molar-refractivity contribution in [2.24, 2.45) is 10.1 Å². The third-order valence-corrected chi connectivity index (χ3v) is 5.54. The fourth-order valence-electron chi connectivity index (χ4n) is 3.20. The van der Waals surface area contributed by atoms with Crippen molar-refractivity contribution < 1.29 is 8.42 Å². The van der Waals surface area contributed by atoms with Gasteiger partial charge in [0.25, 0.3) is 0 Å². The molecule has 1 saturated heterocycles. The van der Waals surface area contributed by atoms with E-state index in [0.29, 0.717) is 6.54 Å². The lowest BCUT2D eigenvalue weighted by Gasteiger charge is -2.20. The average molecular weight is 396 g/mol. The van der Waals surface area contributed by atoms with Crippen molar-refractivity contribution in [3.8, 4) is 0 Å². The molecular weight excluding hydrogens is 362 g/mol. The van der Waals surface area contributed by atoms with Crippen molar-refractivity contribution >= 4 is 16.0 Å². The Bertz CT molecular complexity index is 698. The predicted molar refractivity (Wildman–Crippen MR) is 110 cm³/mol. The normalized spacial score (nSPS) is 16.7. The lowest BCUT2D eigenvalue weighted by atomic mass is 10.2. The van der Waals surface area contributed by atoms with E-state index in [2.05, 4.69) is 20.5 Å². The van der Waals surface area contributed by atoms with Crippen LogP contribution in [0.1, 0.15) is 44.6 Å². The monoisotopic (exact) mass is 395 g/mol. The minimum absolute atomic E-state index is 0.116. The quantitative estimate of drug-likeness (QED) is 0.353. The van der Waals surface area contributed by atoms with Crippen molar-refractivity contribution in [1.29, 1.82) is 0 Å². The van der Waals surface area contributed by atoms with E-state index in [0.717, 1.165) is 37.6 Å². The molecule has 1 aliphatic heterocycles. The lowest BCUT2D eigenvalue weighted by molar-refractivity contribution is 0.282. The first-order chi connectivity index (χ1) is 13.0. The molecule has 4 N–H and O–H groups in total. The molecule has 152 valence electrons. The molecule has 0 saturated carbocycles. The molecule has 0 radical (unpaired) electrons. The van der Waals surface area contributed by atoms with E-state index >= 15 is 0 Å². The van der Waals surface area contributed by atoms with Gasteiger partial charge in [0.15, 0.2) is 5.96 Å². The zero-order valence-electron chi connectivity index (χ0n) is 16.3. The van der Waals surface area contributed by atoms with Gasteiger partial charge in [-0.25, -0.2) is 18.5 Å². The van der Waals surface area contributed by atoms with E-state index in [1.54, 1.807) is 12.1 Å². The smallest absolute Gasteiger partial charge is 0.238 e. The van der Waals surface area contributed by atoms with Crippen LogP contribution in [-0.4, -0.2) is 52.0 Å². The molecule has 1 fully saturated rings. The number of benzene rings is 1. The number of primary sulfonamides is 1. The molecular formula is C19H33N5O2S. The second kappa shape index (κ2) is 11.3. The summed E-state index contributed by atoms with van der Waals surface area (Å²) in [7, 11) is -3.69. The second-order valence-electron chi connectivity index (χ2n) is 6.92. The number of rotatable bonds is 8. The number of likely N-dealkylation sites (tertiary alicyclic amines) is 1. The molecule has 0 aromatic heterocycles. The molecule has 1 aromatic carbocycles. The minimum atomic E-state index is -3.69. The molecule has 0 unspecified atom stereocenters. The Balaban J connectivity index is 1.83. The fraction of sp³-hybridized carbons (Fsp3) is 0.632. The first-order valence-corrected chi connectivity index (χ1v) is 11.4. The number of guanidine groups is 1. The Morgan fingerprint density at radius 1 is 1.19 bits per heavy atom. The fourth-order valence-corrected chi connectivity index (χ4v) is 3.79.